The summed E-state index contributed by atoms with van der Waals surface area (Å²) in [5.74, 6) is 0.284. The van der Waals surface area contributed by atoms with Gasteiger partial charge < -0.3 is 15.2 Å². The third kappa shape index (κ3) is 3.78. The van der Waals surface area contributed by atoms with Crippen molar-refractivity contribution in [2.45, 2.75) is 0 Å². The van der Waals surface area contributed by atoms with Crippen molar-refractivity contribution < 1.29 is 14.3 Å². The van der Waals surface area contributed by atoms with Gasteiger partial charge in [-0.15, -0.1) is 0 Å². The van der Waals surface area contributed by atoms with Gasteiger partial charge in [-0.1, -0.05) is 28.1 Å². The Morgan fingerprint density at radius 2 is 2.00 bits per heavy atom. The molecule has 3 aromatic rings. The van der Waals surface area contributed by atoms with Crippen LogP contribution in [0.5, 0.6) is 11.5 Å². The molecule has 0 saturated carbocycles. The zero-order valence-corrected chi connectivity index (χ0v) is 13.2. The SMILES string of the molecule is COc1cc(C=Nn2nnnc2N)ccc1OC(=O)c1ccccc1. The van der Waals surface area contributed by atoms with Crippen LogP contribution >= 0.6 is 0 Å². The smallest absolute Gasteiger partial charge is 0.343 e. The molecule has 1 aromatic heterocycles. The van der Waals surface area contributed by atoms with Crippen molar-refractivity contribution in [3.63, 3.8) is 0 Å². The van der Waals surface area contributed by atoms with Crippen molar-refractivity contribution in [2.75, 3.05) is 12.8 Å². The molecule has 2 N–H and O–H groups in total. The fourth-order valence-electron chi connectivity index (χ4n) is 1.97. The maximum absolute atomic E-state index is 12.1. The first-order valence-corrected chi connectivity index (χ1v) is 7.21. The minimum atomic E-state index is -0.471. The molecule has 25 heavy (non-hydrogen) atoms. The van der Waals surface area contributed by atoms with E-state index < -0.39 is 5.97 Å². The van der Waals surface area contributed by atoms with Crippen LogP contribution in [-0.2, 0) is 0 Å². The monoisotopic (exact) mass is 338 g/mol. The third-order valence-electron chi connectivity index (χ3n) is 3.19. The second-order valence-electron chi connectivity index (χ2n) is 4.84. The molecule has 9 nitrogen and oxygen atoms in total. The average molecular weight is 338 g/mol. The highest BCUT2D eigenvalue weighted by Crippen LogP contribution is 2.28. The normalized spacial score (nSPS) is 10.8. The topological polar surface area (TPSA) is 118 Å². The number of hydrogen-bond donors (Lipinski definition) is 1. The molecule has 0 aliphatic heterocycles. The summed E-state index contributed by atoms with van der Waals surface area (Å²) < 4.78 is 10.7. The van der Waals surface area contributed by atoms with E-state index in [1.54, 1.807) is 42.5 Å². The molecule has 0 spiro atoms. The van der Waals surface area contributed by atoms with Gasteiger partial charge in [0.1, 0.15) is 0 Å². The van der Waals surface area contributed by atoms with Gasteiger partial charge in [0.2, 0.25) is 0 Å². The number of carbonyl (C=O) groups excluding carboxylic acids is 1. The lowest BCUT2D eigenvalue weighted by Crippen LogP contribution is -2.09. The van der Waals surface area contributed by atoms with Crippen molar-refractivity contribution in [1.29, 1.82) is 0 Å². The van der Waals surface area contributed by atoms with E-state index in [1.165, 1.54) is 13.3 Å². The molecule has 0 bridgehead atoms. The Morgan fingerprint density at radius 1 is 1.20 bits per heavy atom. The van der Waals surface area contributed by atoms with Gasteiger partial charge in [0.15, 0.2) is 11.5 Å². The van der Waals surface area contributed by atoms with Crippen molar-refractivity contribution in [3.8, 4) is 11.5 Å². The van der Waals surface area contributed by atoms with Crippen LogP contribution in [0.1, 0.15) is 15.9 Å². The molecule has 0 atom stereocenters. The predicted molar refractivity (Wildman–Crippen MR) is 89.6 cm³/mol. The fourth-order valence-corrected chi connectivity index (χ4v) is 1.97. The van der Waals surface area contributed by atoms with Gasteiger partial charge in [-0.25, -0.2) is 4.79 Å². The van der Waals surface area contributed by atoms with Crippen LogP contribution < -0.4 is 15.2 Å². The number of hydrogen-bond acceptors (Lipinski definition) is 8. The summed E-state index contributed by atoms with van der Waals surface area (Å²) >= 11 is 0. The van der Waals surface area contributed by atoms with E-state index in [0.717, 1.165) is 4.79 Å². The lowest BCUT2D eigenvalue weighted by atomic mass is 10.2. The Bertz CT molecular complexity index is 907. The molecule has 0 aliphatic carbocycles. The number of ether oxygens (including phenoxy) is 2. The summed E-state index contributed by atoms with van der Waals surface area (Å²) in [6.07, 6.45) is 1.50. The second kappa shape index (κ2) is 7.21. The van der Waals surface area contributed by atoms with E-state index >= 15 is 0 Å². The highest BCUT2D eigenvalue weighted by molar-refractivity contribution is 5.91. The van der Waals surface area contributed by atoms with Gasteiger partial charge in [-0.05, 0) is 46.3 Å². The maximum atomic E-state index is 12.1. The van der Waals surface area contributed by atoms with Gasteiger partial charge in [0.25, 0.3) is 5.95 Å². The predicted octanol–water partition coefficient (Wildman–Crippen LogP) is 1.37. The molecule has 0 radical (unpaired) electrons. The summed E-state index contributed by atoms with van der Waals surface area (Å²) in [6.45, 7) is 0. The zero-order chi connectivity index (χ0) is 17.6. The van der Waals surface area contributed by atoms with Gasteiger partial charge >= 0.3 is 5.97 Å². The molecule has 0 unspecified atom stereocenters. The van der Waals surface area contributed by atoms with Crippen molar-refractivity contribution in [2.24, 2.45) is 5.10 Å². The van der Waals surface area contributed by atoms with E-state index in [2.05, 4.69) is 20.6 Å². The Hall–Kier alpha value is -3.75. The molecule has 2 aromatic carbocycles. The Labute approximate surface area is 142 Å². The van der Waals surface area contributed by atoms with Crippen LogP contribution in [0.15, 0.2) is 53.6 Å². The number of methoxy groups -OCH3 is 1. The molecule has 0 aliphatic rings. The number of nitrogens with zero attached hydrogens (tertiary/aromatic N) is 5. The van der Waals surface area contributed by atoms with Gasteiger partial charge in [0, 0.05) is 0 Å². The minimum absolute atomic E-state index is 0.0663. The van der Waals surface area contributed by atoms with Crippen molar-refractivity contribution in [3.05, 3.63) is 59.7 Å². The number of benzene rings is 2. The highest BCUT2D eigenvalue weighted by atomic mass is 16.6. The largest absolute Gasteiger partial charge is 0.493 e. The van der Waals surface area contributed by atoms with E-state index in [4.69, 9.17) is 15.2 Å². The first kappa shape index (κ1) is 16.1. The average Bonchev–Trinajstić information content (AvgIpc) is 3.06. The van der Waals surface area contributed by atoms with Crippen LogP contribution in [0.2, 0.25) is 0 Å². The molecule has 9 heteroatoms. The number of nitrogen functional groups attached to an aromatic ring is 1. The molecule has 126 valence electrons. The molecule has 0 amide bonds. The number of aromatic nitrogens is 4. The number of anilines is 1. The summed E-state index contributed by atoms with van der Waals surface area (Å²) in [5.41, 5.74) is 6.66. The molecular weight excluding hydrogens is 324 g/mol. The van der Waals surface area contributed by atoms with E-state index in [-0.39, 0.29) is 5.95 Å². The third-order valence-corrected chi connectivity index (χ3v) is 3.19. The van der Waals surface area contributed by atoms with Crippen LogP contribution in [-0.4, -0.2) is 39.6 Å². The maximum Gasteiger partial charge on any atom is 0.343 e. The Morgan fingerprint density at radius 3 is 2.68 bits per heavy atom. The summed E-state index contributed by atoms with van der Waals surface area (Å²) in [6, 6.07) is 13.7. The molecule has 3 rings (SSSR count). The van der Waals surface area contributed by atoms with Gasteiger partial charge in [-0.3, -0.25) is 0 Å². The summed E-state index contributed by atoms with van der Waals surface area (Å²) in [4.78, 5) is 13.2. The first-order chi connectivity index (χ1) is 12.2. The van der Waals surface area contributed by atoms with Crippen molar-refractivity contribution >= 4 is 18.1 Å². The van der Waals surface area contributed by atoms with E-state index in [1.807, 2.05) is 6.07 Å². The zero-order valence-electron chi connectivity index (χ0n) is 13.2. The number of nitrogens with two attached hydrogens (primary N) is 1. The van der Waals surface area contributed by atoms with Crippen LogP contribution in [0.4, 0.5) is 5.95 Å². The number of tetrazole rings is 1. The minimum Gasteiger partial charge on any atom is -0.493 e. The van der Waals surface area contributed by atoms with Crippen molar-refractivity contribution in [1.82, 2.24) is 20.3 Å². The highest BCUT2D eigenvalue weighted by Gasteiger charge is 2.12. The lowest BCUT2D eigenvalue weighted by molar-refractivity contribution is 0.0729. The lowest BCUT2D eigenvalue weighted by Gasteiger charge is -2.09. The Kier molecular flexibility index (Phi) is 4.65. The van der Waals surface area contributed by atoms with Gasteiger partial charge in [-0.2, -0.15) is 5.10 Å². The molecule has 1 heterocycles. The molecule has 0 saturated heterocycles. The standard InChI is InChI=1S/C16H14N6O3/c1-24-14-9-11(10-18-22-16(17)19-20-21-22)7-8-13(14)25-15(23)12-5-3-2-4-6-12/h2-10H,1H3,(H2,17,19,21). The van der Waals surface area contributed by atoms with Crippen LogP contribution in [0, 0.1) is 0 Å². The number of carbonyl (C=O) groups is 1. The summed E-state index contributed by atoms with van der Waals surface area (Å²) in [5, 5.41) is 14.5. The molecular formula is C16H14N6O3. The first-order valence-electron chi connectivity index (χ1n) is 7.21. The number of rotatable bonds is 5. The van der Waals surface area contributed by atoms with E-state index in [0.29, 0.717) is 22.6 Å². The van der Waals surface area contributed by atoms with Gasteiger partial charge in [0.05, 0.1) is 18.9 Å². The fraction of sp³-hybridized carbons (Fsp3) is 0.0625. The number of esters is 1. The second-order valence-corrected chi connectivity index (χ2v) is 4.84. The quantitative estimate of drug-likeness (QED) is 0.424. The Balaban J connectivity index is 1.79. The van der Waals surface area contributed by atoms with Crippen LogP contribution in [0.25, 0.3) is 0 Å². The molecule has 0 fully saturated rings. The summed E-state index contributed by atoms with van der Waals surface area (Å²) in [7, 11) is 1.48. The van der Waals surface area contributed by atoms with Crippen LogP contribution in [0.3, 0.4) is 0 Å². The van der Waals surface area contributed by atoms with E-state index in [9.17, 15) is 4.79 Å².